The van der Waals surface area contributed by atoms with Crippen LogP contribution in [-0.2, 0) is 0 Å². The second-order valence-electron chi connectivity index (χ2n) is 30.8. The highest BCUT2D eigenvalue weighted by molar-refractivity contribution is 6.20. The van der Waals surface area contributed by atoms with Crippen LogP contribution >= 0.6 is 0 Å². The Hall–Kier alpha value is -17.2. The summed E-state index contributed by atoms with van der Waals surface area (Å²) in [5.41, 5.74) is 19.0. The molecule has 0 saturated carbocycles. The van der Waals surface area contributed by atoms with Crippen LogP contribution in [0.3, 0.4) is 0 Å². The molecular weight excluding hydrogens is 1530 g/mol. The number of hydrogen-bond acceptors (Lipinski definition) is 12. The lowest BCUT2D eigenvalue weighted by Gasteiger charge is -2.11. The first-order valence-electron chi connectivity index (χ1n) is 41.1. The molecule has 0 saturated heterocycles. The summed E-state index contributed by atoms with van der Waals surface area (Å²) in [4.78, 5) is 44.8. The Morgan fingerprint density at radius 2 is 0.435 bits per heavy atom. The van der Waals surface area contributed by atoms with E-state index >= 15 is 0 Å². The molecule has 0 aliphatic carbocycles. The zero-order valence-corrected chi connectivity index (χ0v) is 66.2. The molecule has 15 heteroatoms. The van der Waals surface area contributed by atoms with Crippen LogP contribution in [0.5, 0.6) is 0 Å². The van der Waals surface area contributed by atoms with E-state index in [4.69, 9.17) is 58.1 Å². The highest BCUT2D eigenvalue weighted by atomic mass is 16.3. The third kappa shape index (κ3) is 12.3. The molecule has 15 nitrogen and oxygen atoms in total. The van der Waals surface area contributed by atoms with Crippen molar-refractivity contribution in [3.05, 3.63) is 400 Å². The number of para-hydroxylation sites is 6. The number of fused-ring (bicyclic) bond motifs is 19. The third-order valence-corrected chi connectivity index (χ3v) is 23.3. The van der Waals surface area contributed by atoms with Gasteiger partial charge in [0.15, 0.2) is 40.8 Å². The molecule has 0 fully saturated rings. The standard InChI is InChI=1S/C39H24N4O.C37H22N4O.C33H20N4O/c1-3-12-25(13-4-1)37-40-38(26-14-5-2-6-15-26)42-39(41-37)27-16-11-17-28(22-27)43-33-20-9-7-18-29(33)31-23-32-30-19-8-10-21-35(30)44-36(32)24-34(31)43;1-2-11-24(12-3-1)35-38-36(26-19-18-23-10-4-5-13-25(23)20-26)40-37(39-35)41-31-16-8-6-14-27(31)29-21-30-28-15-7-9-17-33(28)42-34(30)22-32(29)41;1-3-11-21(12-4-1)31-34-32(22-13-5-2-6-14-22)36-33(35-31)37-27-17-9-7-15-23(27)25-19-26-24-16-8-10-18-29(24)38-30(26)20-28(25)37/h1-24H;1-22H;1-20H. The van der Waals surface area contributed by atoms with E-state index < -0.39 is 0 Å². The summed E-state index contributed by atoms with van der Waals surface area (Å²) in [6.07, 6.45) is 0. The fourth-order valence-corrected chi connectivity index (χ4v) is 17.5. The summed E-state index contributed by atoms with van der Waals surface area (Å²) >= 11 is 0. The number of aromatic nitrogens is 12. The van der Waals surface area contributed by atoms with Crippen LogP contribution in [-0.4, -0.2) is 58.6 Å². The van der Waals surface area contributed by atoms with Crippen molar-refractivity contribution in [1.29, 1.82) is 0 Å². The van der Waals surface area contributed by atoms with Gasteiger partial charge < -0.3 is 17.8 Å². The predicted octanol–water partition coefficient (Wildman–Crippen LogP) is 27.4. The van der Waals surface area contributed by atoms with Gasteiger partial charge in [0.25, 0.3) is 0 Å². The van der Waals surface area contributed by atoms with Gasteiger partial charge in [-0.25, -0.2) is 24.9 Å². The maximum atomic E-state index is 6.31. The molecule has 17 aromatic carbocycles. The van der Waals surface area contributed by atoms with E-state index in [0.717, 1.165) is 170 Å². The van der Waals surface area contributed by atoms with Gasteiger partial charge in [0.05, 0.1) is 33.1 Å². The summed E-state index contributed by atoms with van der Waals surface area (Å²) in [6.45, 7) is 0. The number of nitrogens with zero attached hydrogens (tertiary/aromatic N) is 12. The molecule has 0 aliphatic heterocycles. The van der Waals surface area contributed by atoms with Crippen molar-refractivity contribution < 1.29 is 13.3 Å². The molecule has 26 rings (SSSR count). The fraction of sp³-hybridized carbons (Fsp3) is 0. The molecule has 0 radical (unpaired) electrons. The minimum Gasteiger partial charge on any atom is -0.456 e. The first kappa shape index (κ1) is 71.0. The SMILES string of the molecule is c1ccc(-c2nc(-c3ccc4ccccc4c3)nc(-n3c4ccccc4c4cc5c(cc43)oc3ccccc35)n2)cc1.c1ccc(-c2nc(-c3ccccc3)nc(-c3cccc(-n4c5ccccc5c5cc6c(cc54)oc4ccccc46)c3)n2)cc1.c1ccc(-c2nc(-c3ccccc3)nc(-n3c4ccccc4c4cc5c(cc43)oc3ccccc35)n2)cc1. The van der Waals surface area contributed by atoms with E-state index in [1.165, 1.54) is 16.2 Å². The number of furan rings is 3. The Labute approximate surface area is 707 Å². The van der Waals surface area contributed by atoms with Crippen LogP contribution in [0.1, 0.15) is 0 Å². The lowest BCUT2D eigenvalue weighted by molar-refractivity contribution is 0.669. The average molecular weight is 1590 g/mol. The molecule has 9 aromatic heterocycles. The van der Waals surface area contributed by atoms with E-state index in [0.29, 0.717) is 52.7 Å². The van der Waals surface area contributed by atoms with Crippen molar-refractivity contribution in [3.63, 3.8) is 0 Å². The van der Waals surface area contributed by atoms with Crippen molar-refractivity contribution in [3.8, 4) is 97.3 Å². The average Bonchev–Trinajstić information content (AvgIpc) is 1.58. The van der Waals surface area contributed by atoms with Gasteiger partial charge in [0, 0.05) is 127 Å². The Kier molecular flexibility index (Phi) is 16.8. The van der Waals surface area contributed by atoms with Gasteiger partial charge in [-0.15, -0.1) is 0 Å². The molecule has 124 heavy (non-hydrogen) atoms. The molecule has 0 unspecified atom stereocenters. The zero-order valence-electron chi connectivity index (χ0n) is 66.2. The minimum absolute atomic E-state index is 0.564. The summed E-state index contributed by atoms with van der Waals surface area (Å²) in [6, 6.07) is 136. The van der Waals surface area contributed by atoms with E-state index in [2.05, 4.69) is 220 Å². The van der Waals surface area contributed by atoms with E-state index in [1.54, 1.807) is 0 Å². The quantitative estimate of drug-likeness (QED) is 0.127. The maximum Gasteiger partial charge on any atom is 0.238 e. The van der Waals surface area contributed by atoms with Crippen molar-refractivity contribution >= 4 is 142 Å². The molecule has 0 atom stereocenters. The first-order valence-corrected chi connectivity index (χ1v) is 41.1. The number of benzene rings is 17. The third-order valence-electron chi connectivity index (χ3n) is 23.3. The zero-order chi connectivity index (χ0) is 81.7. The van der Waals surface area contributed by atoms with Gasteiger partial charge in [0.2, 0.25) is 11.9 Å². The second-order valence-corrected chi connectivity index (χ2v) is 30.8. The van der Waals surface area contributed by atoms with Gasteiger partial charge >= 0.3 is 0 Å². The smallest absolute Gasteiger partial charge is 0.238 e. The van der Waals surface area contributed by atoms with Crippen molar-refractivity contribution in [2.45, 2.75) is 0 Å². The van der Waals surface area contributed by atoms with Crippen LogP contribution in [0.2, 0.25) is 0 Å². The predicted molar refractivity (Wildman–Crippen MR) is 500 cm³/mol. The fourth-order valence-electron chi connectivity index (χ4n) is 17.5. The number of rotatable bonds is 10. The van der Waals surface area contributed by atoms with E-state index in [9.17, 15) is 0 Å². The molecule has 0 spiro atoms. The highest BCUT2D eigenvalue weighted by Crippen LogP contribution is 2.44. The first-order chi connectivity index (χ1) is 61.4. The van der Waals surface area contributed by atoms with Crippen LogP contribution in [0.4, 0.5) is 0 Å². The molecule has 0 amide bonds. The topological polar surface area (TPSA) is 170 Å². The second kappa shape index (κ2) is 29.4. The summed E-state index contributed by atoms with van der Waals surface area (Å²) < 4.78 is 25.4. The summed E-state index contributed by atoms with van der Waals surface area (Å²) in [5, 5.41) is 15.9. The van der Waals surface area contributed by atoms with Gasteiger partial charge in [-0.3, -0.25) is 9.13 Å². The van der Waals surface area contributed by atoms with Gasteiger partial charge in [-0.2, -0.15) is 19.9 Å². The summed E-state index contributed by atoms with van der Waals surface area (Å²) in [5.74, 6) is 5.55. The molecule has 580 valence electrons. The van der Waals surface area contributed by atoms with Crippen LogP contribution in [0, 0.1) is 0 Å². The Balaban J connectivity index is 0.000000105. The molecule has 0 aliphatic rings. The lowest BCUT2D eigenvalue weighted by atomic mass is 10.1. The molecule has 26 aromatic rings. The Bertz CT molecular complexity index is 8580. The van der Waals surface area contributed by atoms with Gasteiger partial charge in [-0.1, -0.05) is 309 Å². The van der Waals surface area contributed by atoms with Crippen molar-refractivity contribution in [2.24, 2.45) is 0 Å². The Morgan fingerprint density at radius 1 is 0.153 bits per heavy atom. The molecular formula is C109H66N12O3. The van der Waals surface area contributed by atoms with E-state index in [-0.39, 0.29) is 0 Å². The number of hydrogen-bond donors (Lipinski definition) is 0. The molecule has 9 heterocycles. The Morgan fingerprint density at radius 3 is 0.823 bits per heavy atom. The normalized spacial score (nSPS) is 11.7. The maximum absolute atomic E-state index is 6.31. The largest absolute Gasteiger partial charge is 0.456 e. The van der Waals surface area contributed by atoms with Crippen molar-refractivity contribution in [1.82, 2.24) is 58.6 Å². The van der Waals surface area contributed by atoms with Crippen LogP contribution in [0.25, 0.3) is 239 Å². The van der Waals surface area contributed by atoms with Crippen molar-refractivity contribution in [2.75, 3.05) is 0 Å². The molecule has 0 bridgehead atoms. The van der Waals surface area contributed by atoms with Gasteiger partial charge in [0.1, 0.15) is 33.5 Å². The van der Waals surface area contributed by atoms with Crippen LogP contribution < -0.4 is 0 Å². The highest BCUT2D eigenvalue weighted by Gasteiger charge is 2.25. The monoisotopic (exact) mass is 1590 g/mol. The van der Waals surface area contributed by atoms with E-state index in [1.807, 2.05) is 194 Å². The minimum atomic E-state index is 0.564. The van der Waals surface area contributed by atoms with Crippen LogP contribution in [0.15, 0.2) is 414 Å². The van der Waals surface area contributed by atoms with Gasteiger partial charge in [-0.05, 0) is 83.6 Å². The lowest BCUT2D eigenvalue weighted by Crippen LogP contribution is -2.06. The molecule has 0 N–H and O–H groups in total. The summed E-state index contributed by atoms with van der Waals surface area (Å²) in [7, 11) is 0.